The normalized spacial score (nSPS) is 13.1. The van der Waals surface area contributed by atoms with Gasteiger partial charge in [0.05, 0.1) is 0 Å². The van der Waals surface area contributed by atoms with Crippen LogP contribution in [0.3, 0.4) is 0 Å². The zero-order chi connectivity index (χ0) is 10.7. The Bertz CT molecular complexity index is 317. The van der Waals surface area contributed by atoms with E-state index in [1.807, 2.05) is 31.5 Å². The fraction of sp³-hybridized carbons (Fsp3) is 0.600. The summed E-state index contributed by atoms with van der Waals surface area (Å²) in [5, 5.41) is 0. The van der Waals surface area contributed by atoms with Gasteiger partial charge in [-0.3, -0.25) is 4.79 Å². The molecule has 0 bridgehead atoms. The molecule has 0 fully saturated rings. The van der Waals surface area contributed by atoms with E-state index >= 15 is 0 Å². The second-order valence-corrected chi connectivity index (χ2v) is 3.67. The third kappa shape index (κ3) is 1.95. The molecular formula is C10H17N3O. The highest BCUT2D eigenvalue weighted by Crippen LogP contribution is 2.19. The van der Waals surface area contributed by atoms with Crippen molar-refractivity contribution >= 4 is 5.91 Å². The van der Waals surface area contributed by atoms with Gasteiger partial charge in [-0.15, -0.1) is 0 Å². The van der Waals surface area contributed by atoms with Crippen molar-refractivity contribution in [1.29, 1.82) is 0 Å². The first kappa shape index (κ1) is 10.8. The molecule has 4 heteroatoms. The van der Waals surface area contributed by atoms with Crippen LogP contribution in [0.15, 0.2) is 12.4 Å². The molecule has 0 radical (unpaired) electrons. The Morgan fingerprint density at radius 2 is 2.29 bits per heavy atom. The molecule has 0 aromatic carbocycles. The second kappa shape index (κ2) is 4.26. The number of primary amides is 1. The summed E-state index contributed by atoms with van der Waals surface area (Å²) >= 11 is 0. The van der Waals surface area contributed by atoms with E-state index in [9.17, 15) is 4.79 Å². The molecule has 0 aliphatic rings. The van der Waals surface area contributed by atoms with Crippen LogP contribution in [-0.2, 0) is 4.79 Å². The first-order valence-corrected chi connectivity index (χ1v) is 4.90. The highest BCUT2D eigenvalue weighted by Gasteiger charge is 2.19. The van der Waals surface area contributed by atoms with Crippen LogP contribution >= 0.6 is 0 Å². The van der Waals surface area contributed by atoms with Crippen molar-refractivity contribution in [3.63, 3.8) is 0 Å². The summed E-state index contributed by atoms with van der Waals surface area (Å²) in [6, 6.07) is -0.269. The molecule has 1 aromatic rings. The molecule has 1 rings (SSSR count). The highest BCUT2D eigenvalue weighted by atomic mass is 16.1. The lowest BCUT2D eigenvalue weighted by Gasteiger charge is -2.17. The molecule has 4 nitrogen and oxygen atoms in total. The number of hydrogen-bond acceptors (Lipinski definition) is 2. The largest absolute Gasteiger partial charge is 0.368 e. The molecule has 2 N–H and O–H groups in total. The van der Waals surface area contributed by atoms with Crippen LogP contribution in [0, 0.1) is 0 Å². The lowest BCUT2D eigenvalue weighted by Crippen LogP contribution is -2.27. The molecule has 1 aromatic heterocycles. The van der Waals surface area contributed by atoms with Gasteiger partial charge < -0.3 is 10.3 Å². The van der Waals surface area contributed by atoms with E-state index in [0.717, 1.165) is 5.82 Å². The third-order valence-electron chi connectivity index (χ3n) is 2.27. The Morgan fingerprint density at radius 1 is 1.64 bits per heavy atom. The van der Waals surface area contributed by atoms with Crippen molar-refractivity contribution in [3.8, 4) is 0 Å². The van der Waals surface area contributed by atoms with Crippen LogP contribution in [0.2, 0.25) is 0 Å². The van der Waals surface area contributed by atoms with Crippen LogP contribution in [0.1, 0.15) is 45.0 Å². The number of amides is 1. The van der Waals surface area contributed by atoms with Gasteiger partial charge in [-0.2, -0.15) is 0 Å². The van der Waals surface area contributed by atoms with E-state index in [0.29, 0.717) is 12.3 Å². The smallest absolute Gasteiger partial charge is 0.240 e. The number of nitrogens with zero attached hydrogens (tertiary/aromatic N) is 2. The molecule has 1 amide bonds. The Balaban J connectivity index is 3.03. The van der Waals surface area contributed by atoms with Crippen LogP contribution in [0.4, 0.5) is 0 Å². The third-order valence-corrected chi connectivity index (χ3v) is 2.27. The van der Waals surface area contributed by atoms with E-state index in [1.54, 1.807) is 6.20 Å². The molecule has 1 atom stereocenters. The van der Waals surface area contributed by atoms with Crippen LogP contribution in [0.25, 0.3) is 0 Å². The summed E-state index contributed by atoms with van der Waals surface area (Å²) in [4.78, 5) is 15.4. The summed E-state index contributed by atoms with van der Waals surface area (Å²) < 4.78 is 1.87. The van der Waals surface area contributed by atoms with Crippen molar-refractivity contribution in [1.82, 2.24) is 9.55 Å². The topological polar surface area (TPSA) is 60.9 Å². The fourth-order valence-corrected chi connectivity index (χ4v) is 1.57. The van der Waals surface area contributed by atoms with E-state index < -0.39 is 0 Å². The van der Waals surface area contributed by atoms with Gasteiger partial charge in [0.25, 0.3) is 0 Å². The van der Waals surface area contributed by atoms with E-state index in [4.69, 9.17) is 5.73 Å². The summed E-state index contributed by atoms with van der Waals surface area (Å²) in [6.45, 7) is 6.04. The monoisotopic (exact) mass is 195 g/mol. The predicted octanol–water partition coefficient (Wildman–Crippen LogP) is 1.44. The number of carbonyl (C=O) groups excluding carboxylic acids is 1. The molecule has 1 unspecified atom stereocenters. The van der Waals surface area contributed by atoms with Crippen molar-refractivity contribution in [2.75, 3.05) is 0 Å². The average molecular weight is 195 g/mol. The van der Waals surface area contributed by atoms with Gasteiger partial charge in [0, 0.05) is 18.3 Å². The standard InChI is InChI=1S/C10H17N3O/c1-4-8(9(11)14)13-6-5-12-10(13)7(2)3/h5-8H,4H2,1-3H3,(H2,11,14). The molecule has 1 heterocycles. The zero-order valence-electron chi connectivity index (χ0n) is 8.90. The van der Waals surface area contributed by atoms with Gasteiger partial charge in [0.1, 0.15) is 11.9 Å². The van der Waals surface area contributed by atoms with Crippen molar-refractivity contribution in [2.24, 2.45) is 5.73 Å². The van der Waals surface area contributed by atoms with Crippen molar-refractivity contribution < 1.29 is 4.79 Å². The number of aromatic nitrogens is 2. The first-order chi connectivity index (χ1) is 6.57. The van der Waals surface area contributed by atoms with Crippen LogP contribution < -0.4 is 5.73 Å². The molecule has 0 saturated carbocycles. The summed E-state index contributed by atoms with van der Waals surface area (Å²) in [6.07, 6.45) is 4.22. The molecule has 0 saturated heterocycles. The summed E-state index contributed by atoms with van der Waals surface area (Å²) in [5.41, 5.74) is 5.32. The number of hydrogen-bond donors (Lipinski definition) is 1. The average Bonchev–Trinajstić information content (AvgIpc) is 2.53. The first-order valence-electron chi connectivity index (χ1n) is 4.90. The van der Waals surface area contributed by atoms with E-state index in [2.05, 4.69) is 4.98 Å². The Morgan fingerprint density at radius 3 is 2.71 bits per heavy atom. The minimum Gasteiger partial charge on any atom is -0.368 e. The van der Waals surface area contributed by atoms with Crippen molar-refractivity contribution in [2.45, 2.75) is 39.2 Å². The van der Waals surface area contributed by atoms with Gasteiger partial charge in [0.15, 0.2) is 0 Å². The number of rotatable bonds is 4. The maximum atomic E-state index is 11.2. The van der Waals surface area contributed by atoms with E-state index in [-0.39, 0.29) is 11.9 Å². The Labute approximate surface area is 84.1 Å². The fourth-order valence-electron chi connectivity index (χ4n) is 1.57. The van der Waals surface area contributed by atoms with Gasteiger partial charge in [-0.25, -0.2) is 4.98 Å². The highest BCUT2D eigenvalue weighted by molar-refractivity contribution is 5.78. The SMILES string of the molecule is CCC(C(N)=O)n1ccnc1C(C)C. The van der Waals surface area contributed by atoms with Gasteiger partial charge in [0.2, 0.25) is 5.91 Å². The number of nitrogens with two attached hydrogens (primary N) is 1. The van der Waals surface area contributed by atoms with Gasteiger partial charge in [-0.05, 0) is 6.42 Å². The lowest BCUT2D eigenvalue weighted by molar-refractivity contribution is -0.121. The minimum absolute atomic E-state index is 0.269. The predicted molar refractivity (Wildman–Crippen MR) is 54.8 cm³/mol. The Hall–Kier alpha value is -1.32. The molecular weight excluding hydrogens is 178 g/mol. The maximum absolute atomic E-state index is 11.2. The van der Waals surface area contributed by atoms with Crippen molar-refractivity contribution in [3.05, 3.63) is 18.2 Å². The molecule has 78 valence electrons. The lowest BCUT2D eigenvalue weighted by atomic mass is 10.1. The summed E-state index contributed by atoms with van der Waals surface area (Å²) in [7, 11) is 0. The summed E-state index contributed by atoms with van der Waals surface area (Å²) in [5.74, 6) is 0.918. The molecule has 0 aliphatic carbocycles. The van der Waals surface area contributed by atoms with Gasteiger partial charge >= 0.3 is 0 Å². The number of imidazole rings is 1. The quantitative estimate of drug-likeness (QED) is 0.790. The molecule has 0 aliphatic heterocycles. The minimum atomic E-state index is -0.299. The maximum Gasteiger partial charge on any atom is 0.240 e. The molecule has 0 spiro atoms. The van der Waals surface area contributed by atoms with E-state index in [1.165, 1.54) is 0 Å². The molecule has 14 heavy (non-hydrogen) atoms. The van der Waals surface area contributed by atoms with Crippen LogP contribution in [0.5, 0.6) is 0 Å². The second-order valence-electron chi connectivity index (χ2n) is 3.67. The number of carbonyl (C=O) groups is 1. The zero-order valence-corrected chi connectivity index (χ0v) is 8.90. The van der Waals surface area contributed by atoms with Crippen LogP contribution in [-0.4, -0.2) is 15.5 Å². The van der Waals surface area contributed by atoms with Gasteiger partial charge in [-0.1, -0.05) is 20.8 Å². The Kier molecular flexibility index (Phi) is 3.28.